The van der Waals surface area contributed by atoms with Crippen LogP contribution in [-0.2, 0) is 14.4 Å². The highest BCUT2D eigenvalue weighted by Gasteiger charge is 2.55. The molecule has 5 N–H and O–H groups in total. The molecule has 8 heteroatoms. The Morgan fingerprint density at radius 1 is 1.19 bits per heavy atom. The van der Waals surface area contributed by atoms with E-state index in [0.29, 0.717) is 32.1 Å². The largest absolute Gasteiger partial charge is 0.306 e. The summed E-state index contributed by atoms with van der Waals surface area (Å²) in [7, 11) is 2.04. The number of benzene rings is 1. The summed E-state index contributed by atoms with van der Waals surface area (Å²) in [4.78, 5) is 43.6. The van der Waals surface area contributed by atoms with Crippen LogP contribution in [-0.4, -0.2) is 47.8 Å². The van der Waals surface area contributed by atoms with E-state index in [-0.39, 0.29) is 18.1 Å². The van der Waals surface area contributed by atoms with Gasteiger partial charge >= 0.3 is 0 Å². The molecule has 0 bridgehead atoms. The molecule has 0 saturated carbocycles. The zero-order valence-electron chi connectivity index (χ0n) is 23.1. The van der Waals surface area contributed by atoms with Crippen LogP contribution >= 0.6 is 0 Å². The number of carbonyl (C=O) groups is 3. The molecule has 2 rings (SSSR count). The average Bonchev–Trinajstić information content (AvgIpc) is 2.88. The summed E-state index contributed by atoms with van der Waals surface area (Å²) in [6.07, 6.45) is 6.73. The minimum absolute atomic E-state index is 0.0573. The summed E-state index contributed by atoms with van der Waals surface area (Å²) in [5.41, 5.74) is 3.17. The predicted octanol–water partition coefficient (Wildman–Crippen LogP) is 3.95. The van der Waals surface area contributed by atoms with Crippen molar-refractivity contribution in [1.82, 2.24) is 15.8 Å². The number of hydrazine groups is 1. The quantitative estimate of drug-likeness (QED) is 0.104. The van der Waals surface area contributed by atoms with Gasteiger partial charge in [0.25, 0.3) is 0 Å². The van der Waals surface area contributed by atoms with Crippen LogP contribution in [0, 0.1) is 28.6 Å². The highest BCUT2D eigenvalue weighted by molar-refractivity contribution is 6.08. The molecule has 1 aromatic carbocycles. The van der Waals surface area contributed by atoms with Crippen LogP contribution in [0.1, 0.15) is 71.8 Å². The van der Waals surface area contributed by atoms with E-state index >= 15 is 0 Å². The van der Waals surface area contributed by atoms with E-state index < -0.39 is 34.5 Å². The van der Waals surface area contributed by atoms with Gasteiger partial charge in [0.1, 0.15) is 5.41 Å². The first-order chi connectivity index (χ1) is 17.5. The minimum atomic E-state index is -1.36. The maximum Gasteiger partial charge on any atom is 0.247 e. The molecule has 1 saturated heterocycles. The van der Waals surface area contributed by atoms with Crippen molar-refractivity contribution in [3.8, 4) is 0 Å². The van der Waals surface area contributed by atoms with E-state index in [2.05, 4.69) is 10.3 Å². The number of likely N-dealkylation sites (tertiary alicyclic amines) is 1. The van der Waals surface area contributed by atoms with Crippen LogP contribution in [0.5, 0.6) is 0 Å². The van der Waals surface area contributed by atoms with Crippen molar-refractivity contribution in [2.24, 2.45) is 34.4 Å². The number of hydrogen-bond acceptors (Lipinski definition) is 6. The molecule has 1 fully saturated rings. The average molecular weight is 515 g/mol. The third-order valence-corrected chi connectivity index (χ3v) is 7.98. The van der Waals surface area contributed by atoms with Crippen molar-refractivity contribution in [3.05, 3.63) is 42.0 Å². The van der Waals surface area contributed by atoms with Crippen molar-refractivity contribution in [2.45, 2.75) is 66.2 Å². The van der Waals surface area contributed by atoms with E-state index in [1.807, 2.05) is 82.7 Å². The normalized spacial score (nSPS) is 19.2. The first-order valence-electron chi connectivity index (χ1n) is 13.4. The second-order valence-corrected chi connectivity index (χ2v) is 11.3. The predicted molar refractivity (Wildman–Crippen MR) is 146 cm³/mol. The molecule has 1 aliphatic heterocycles. The summed E-state index contributed by atoms with van der Waals surface area (Å²) < 4.78 is 0. The summed E-state index contributed by atoms with van der Waals surface area (Å²) in [6.45, 7) is 9.51. The molecule has 0 spiro atoms. The molecule has 206 valence electrons. The Hall–Kier alpha value is -2.55. The van der Waals surface area contributed by atoms with Gasteiger partial charge in [-0.25, -0.2) is 11.3 Å². The second kappa shape index (κ2) is 13.8. The van der Waals surface area contributed by atoms with Gasteiger partial charge in [-0.3, -0.25) is 25.0 Å². The number of hydrogen-bond donors (Lipinski definition) is 4. The molecule has 37 heavy (non-hydrogen) atoms. The van der Waals surface area contributed by atoms with E-state index in [0.717, 1.165) is 18.7 Å². The molecule has 1 aliphatic rings. The molecule has 1 heterocycles. The van der Waals surface area contributed by atoms with Gasteiger partial charge < -0.3 is 4.90 Å². The standard InChI is InChI=1S/C29H46N4O4/c1-6-15-29(20-21(2)3,27(36)31-30)25(34)24(28(4)16-18-33(5)19-17-28)23(26(35)32-37)14-10-13-22-11-8-7-9-12-22/h7-13,21,23-24,37H,6,14-20,30H2,1-5H3,(H,31,36)(H,32,35)/b13-10+/t23-,24-,29?/m0/s1. The maximum absolute atomic E-state index is 14.8. The minimum Gasteiger partial charge on any atom is -0.306 e. The van der Waals surface area contributed by atoms with Gasteiger partial charge in [0, 0.05) is 5.92 Å². The maximum atomic E-state index is 14.8. The number of carbonyl (C=O) groups excluding carboxylic acids is 3. The summed E-state index contributed by atoms with van der Waals surface area (Å²) >= 11 is 0. The highest BCUT2D eigenvalue weighted by Crippen LogP contribution is 2.49. The Labute approximate surface area is 222 Å². The van der Waals surface area contributed by atoms with Crippen LogP contribution in [0.3, 0.4) is 0 Å². The smallest absolute Gasteiger partial charge is 0.247 e. The molecular formula is C29H46N4O4. The van der Waals surface area contributed by atoms with Crippen molar-refractivity contribution in [3.63, 3.8) is 0 Å². The van der Waals surface area contributed by atoms with Crippen LogP contribution in [0.25, 0.3) is 6.08 Å². The number of Topliss-reactive ketones (excluding diaryl/α,β-unsaturated/α-hetero) is 1. The Balaban J connectivity index is 2.64. The molecule has 0 aliphatic carbocycles. The molecular weight excluding hydrogens is 468 g/mol. The first kappa shape index (κ1) is 30.7. The zero-order valence-corrected chi connectivity index (χ0v) is 23.1. The Bertz CT molecular complexity index is 925. The molecule has 8 nitrogen and oxygen atoms in total. The van der Waals surface area contributed by atoms with Gasteiger partial charge in [0.15, 0.2) is 5.78 Å². The molecule has 2 amide bonds. The fourth-order valence-corrected chi connectivity index (χ4v) is 6.02. The number of ketones is 1. The number of rotatable bonds is 13. The van der Waals surface area contributed by atoms with Crippen molar-refractivity contribution < 1.29 is 19.6 Å². The number of nitrogens with one attached hydrogen (secondary N) is 2. The number of hydroxylamine groups is 1. The lowest BCUT2D eigenvalue weighted by Crippen LogP contribution is -2.57. The molecule has 1 unspecified atom stereocenters. The van der Waals surface area contributed by atoms with E-state index in [1.54, 1.807) is 0 Å². The van der Waals surface area contributed by atoms with E-state index in [9.17, 15) is 19.6 Å². The first-order valence-corrected chi connectivity index (χ1v) is 13.4. The molecule has 0 aromatic heterocycles. The number of piperidine rings is 1. The third-order valence-electron chi connectivity index (χ3n) is 7.98. The molecule has 3 atom stereocenters. The zero-order chi connectivity index (χ0) is 27.6. The van der Waals surface area contributed by atoms with Crippen LogP contribution < -0.4 is 16.7 Å². The second-order valence-electron chi connectivity index (χ2n) is 11.3. The summed E-state index contributed by atoms with van der Waals surface area (Å²) in [5, 5.41) is 9.74. The van der Waals surface area contributed by atoms with Gasteiger partial charge in [-0.05, 0) is 69.1 Å². The Morgan fingerprint density at radius 2 is 1.81 bits per heavy atom. The number of amides is 2. The lowest BCUT2D eigenvalue weighted by atomic mass is 9.56. The number of nitrogens with zero attached hydrogens (tertiary/aromatic N) is 1. The molecule has 1 aromatic rings. The van der Waals surface area contributed by atoms with E-state index in [1.165, 1.54) is 0 Å². The van der Waals surface area contributed by atoms with Crippen LogP contribution in [0.4, 0.5) is 0 Å². The van der Waals surface area contributed by atoms with Crippen LogP contribution in [0.2, 0.25) is 0 Å². The number of allylic oxidation sites excluding steroid dienone is 1. The van der Waals surface area contributed by atoms with Gasteiger partial charge in [-0.2, -0.15) is 0 Å². The number of nitrogens with two attached hydrogens (primary N) is 1. The summed E-state index contributed by atoms with van der Waals surface area (Å²) in [6, 6.07) is 9.71. The summed E-state index contributed by atoms with van der Waals surface area (Å²) in [5.74, 6) is 2.71. The third kappa shape index (κ3) is 7.49. The van der Waals surface area contributed by atoms with Crippen molar-refractivity contribution in [2.75, 3.05) is 20.1 Å². The van der Waals surface area contributed by atoms with Gasteiger partial charge in [-0.15, -0.1) is 0 Å². The van der Waals surface area contributed by atoms with Gasteiger partial charge in [0.05, 0.1) is 5.92 Å². The topological polar surface area (TPSA) is 125 Å². The van der Waals surface area contributed by atoms with E-state index in [4.69, 9.17) is 5.84 Å². The SMILES string of the molecule is CCCC(CC(C)C)(C(=O)NN)C(=O)[C@H]([C@H](C/C=C/c1ccccc1)C(=O)NO)C1(C)CCN(C)CC1. The van der Waals surface area contributed by atoms with Gasteiger partial charge in [0.2, 0.25) is 11.8 Å². The molecule has 0 radical (unpaired) electrons. The Morgan fingerprint density at radius 3 is 2.32 bits per heavy atom. The van der Waals surface area contributed by atoms with Crippen LogP contribution in [0.15, 0.2) is 36.4 Å². The van der Waals surface area contributed by atoms with Gasteiger partial charge in [-0.1, -0.05) is 76.6 Å². The van der Waals surface area contributed by atoms with Crippen molar-refractivity contribution in [1.29, 1.82) is 0 Å². The monoisotopic (exact) mass is 514 g/mol. The van der Waals surface area contributed by atoms with Crippen molar-refractivity contribution >= 4 is 23.7 Å². The fourth-order valence-electron chi connectivity index (χ4n) is 6.02. The lowest BCUT2D eigenvalue weighted by Gasteiger charge is -2.48. The fraction of sp³-hybridized carbons (Fsp3) is 0.621. The Kier molecular flexibility index (Phi) is 11.5. The lowest BCUT2D eigenvalue weighted by molar-refractivity contribution is -0.157. The highest BCUT2D eigenvalue weighted by atomic mass is 16.5.